The number of hydrogen-bond donors (Lipinski definition) is 0. The molecule has 1 aromatic heterocycles. The van der Waals surface area contributed by atoms with Gasteiger partial charge in [0.2, 0.25) is 5.91 Å². The number of fused-ring (bicyclic) bond motifs is 1. The van der Waals surface area contributed by atoms with Crippen molar-refractivity contribution in [3.8, 4) is 0 Å². The molecule has 0 bridgehead atoms. The van der Waals surface area contributed by atoms with E-state index in [2.05, 4.69) is 9.88 Å². The van der Waals surface area contributed by atoms with Crippen molar-refractivity contribution >= 4 is 29.4 Å². The van der Waals surface area contributed by atoms with Crippen molar-refractivity contribution in [2.75, 3.05) is 25.7 Å². The third kappa shape index (κ3) is 4.28. The second kappa shape index (κ2) is 10.6. The van der Waals surface area contributed by atoms with Gasteiger partial charge in [0, 0.05) is 43.5 Å². The first-order valence-electron chi connectivity index (χ1n) is 13.6. The number of nitrogens with zero attached hydrogens (tertiary/aromatic N) is 4. The van der Waals surface area contributed by atoms with E-state index in [0.29, 0.717) is 31.8 Å². The molecule has 3 aliphatic heterocycles. The second-order valence-corrected chi connectivity index (χ2v) is 10.3. The van der Waals surface area contributed by atoms with E-state index in [4.69, 9.17) is 14.5 Å². The molecule has 208 valence electrons. The highest BCUT2D eigenvalue weighted by molar-refractivity contribution is 6.15. The predicted octanol–water partition coefficient (Wildman–Crippen LogP) is 3.59. The van der Waals surface area contributed by atoms with Crippen LogP contribution in [0.2, 0.25) is 0 Å². The highest BCUT2D eigenvalue weighted by Crippen LogP contribution is 2.56. The highest BCUT2D eigenvalue weighted by atomic mass is 16.5. The van der Waals surface area contributed by atoms with Gasteiger partial charge in [0.1, 0.15) is 5.84 Å². The van der Waals surface area contributed by atoms with Crippen LogP contribution in [0.5, 0.6) is 0 Å². The lowest BCUT2D eigenvalue weighted by molar-refractivity contribution is -0.140. The van der Waals surface area contributed by atoms with Crippen LogP contribution in [0.25, 0.3) is 0 Å². The first-order chi connectivity index (χ1) is 20.0. The molecule has 9 heteroatoms. The third-order valence-corrected chi connectivity index (χ3v) is 8.21. The lowest BCUT2D eigenvalue weighted by atomic mass is 9.65. The van der Waals surface area contributed by atoms with Crippen LogP contribution in [0.1, 0.15) is 29.7 Å². The largest absolute Gasteiger partial charge is 0.466 e. The number of esters is 2. The van der Waals surface area contributed by atoms with E-state index >= 15 is 0 Å². The van der Waals surface area contributed by atoms with Gasteiger partial charge in [-0.2, -0.15) is 0 Å². The van der Waals surface area contributed by atoms with Crippen molar-refractivity contribution in [3.63, 3.8) is 0 Å². The van der Waals surface area contributed by atoms with E-state index in [-0.39, 0.29) is 23.6 Å². The quantitative estimate of drug-likeness (QED) is 0.415. The van der Waals surface area contributed by atoms with Crippen LogP contribution in [0.15, 0.2) is 95.3 Å². The Kier molecular flexibility index (Phi) is 6.86. The number of piperidine rings is 1. The molecule has 1 fully saturated rings. The van der Waals surface area contributed by atoms with Crippen molar-refractivity contribution in [2.24, 2.45) is 4.99 Å². The number of carbonyl (C=O) groups excluding carboxylic acids is 3. The predicted molar refractivity (Wildman–Crippen MR) is 152 cm³/mol. The number of anilines is 1. The fourth-order valence-electron chi connectivity index (χ4n) is 6.47. The molecular formula is C32H30N4O5. The van der Waals surface area contributed by atoms with Crippen LogP contribution in [0.4, 0.5) is 5.69 Å². The van der Waals surface area contributed by atoms with E-state index in [1.54, 1.807) is 11.1 Å². The second-order valence-electron chi connectivity index (χ2n) is 10.3. The van der Waals surface area contributed by atoms with Gasteiger partial charge >= 0.3 is 11.9 Å². The normalized spacial score (nSPS) is 21.1. The van der Waals surface area contributed by atoms with Crippen molar-refractivity contribution in [3.05, 3.63) is 107 Å². The number of ether oxygens (including phenoxy) is 2. The number of methoxy groups -OCH3 is 2. The molecule has 0 saturated carbocycles. The molecule has 1 spiro atoms. The van der Waals surface area contributed by atoms with Crippen LogP contribution >= 0.6 is 0 Å². The Hall–Kier alpha value is -4.79. The van der Waals surface area contributed by atoms with Crippen LogP contribution in [0.3, 0.4) is 0 Å². The van der Waals surface area contributed by atoms with Gasteiger partial charge in [0.05, 0.1) is 31.2 Å². The maximum Gasteiger partial charge on any atom is 0.357 e. The van der Waals surface area contributed by atoms with Crippen molar-refractivity contribution in [2.45, 2.75) is 37.3 Å². The van der Waals surface area contributed by atoms with Crippen LogP contribution < -0.4 is 4.90 Å². The molecule has 9 nitrogen and oxygen atoms in total. The van der Waals surface area contributed by atoms with Crippen LogP contribution in [-0.4, -0.2) is 60.4 Å². The zero-order valence-electron chi connectivity index (χ0n) is 22.9. The molecule has 1 saturated heterocycles. The molecule has 41 heavy (non-hydrogen) atoms. The number of amides is 1. The molecule has 3 aromatic rings. The summed E-state index contributed by atoms with van der Waals surface area (Å²) in [6.07, 6.45) is 2.90. The van der Waals surface area contributed by atoms with Gasteiger partial charge in [-0.3, -0.25) is 14.7 Å². The fourth-order valence-corrected chi connectivity index (χ4v) is 6.47. The molecule has 2 aromatic carbocycles. The van der Waals surface area contributed by atoms with Crippen LogP contribution in [0, 0.1) is 0 Å². The van der Waals surface area contributed by atoms with Gasteiger partial charge < -0.3 is 14.4 Å². The van der Waals surface area contributed by atoms with Gasteiger partial charge in [-0.15, -0.1) is 0 Å². The van der Waals surface area contributed by atoms with E-state index in [1.807, 2.05) is 72.8 Å². The fraction of sp³-hybridized carbons (Fsp3) is 0.281. The summed E-state index contributed by atoms with van der Waals surface area (Å²) in [6, 6.07) is 22.9. The summed E-state index contributed by atoms with van der Waals surface area (Å²) in [5.41, 5.74) is 2.87. The maximum absolute atomic E-state index is 13.5. The number of rotatable bonds is 7. The average Bonchev–Trinajstić information content (AvgIpc) is 3.29. The summed E-state index contributed by atoms with van der Waals surface area (Å²) in [5.74, 6) is -1.05. The van der Waals surface area contributed by atoms with Crippen molar-refractivity contribution in [1.29, 1.82) is 0 Å². The Morgan fingerprint density at radius 1 is 0.951 bits per heavy atom. The van der Waals surface area contributed by atoms with Gasteiger partial charge in [-0.25, -0.2) is 14.6 Å². The van der Waals surface area contributed by atoms with E-state index in [9.17, 15) is 14.4 Å². The Balaban J connectivity index is 1.57. The standard InChI is InChI=1S/C32H30N4O5/c1-40-29(38)26-27(30(39)41-2)34-31-32(17-15-25(37)35(31)19-16-22-12-8-9-18-33-22)23-13-6-7-14-24(23)36(28(26)32)20-21-10-4-3-5-11-21/h3-14,18,28H,15-17,19-20H2,1-2H3/t28-,32-/m0/s1. The van der Waals surface area contributed by atoms with E-state index < -0.39 is 23.4 Å². The third-order valence-electron chi connectivity index (χ3n) is 8.21. The Morgan fingerprint density at radius 3 is 2.41 bits per heavy atom. The Labute approximate surface area is 238 Å². The van der Waals surface area contributed by atoms with Gasteiger partial charge in [0.15, 0.2) is 5.70 Å². The minimum atomic E-state index is -0.871. The number of pyridine rings is 1. The highest BCUT2D eigenvalue weighted by Gasteiger charge is 2.63. The van der Waals surface area contributed by atoms with Crippen LogP contribution in [-0.2, 0) is 42.2 Å². The summed E-state index contributed by atoms with van der Waals surface area (Å²) in [5, 5.41) is 0. The minimum Gasteiger partial charge on any atom is -0.466 e. The lowest BCUT2D eigenvalue weighted by Gasteiger charge is -2.48. The summed E-state index contributed by atoms with van der Waals surface area (Å²) in [4.78, 5) is 53.4. The minimum absolute atomic E-state index is 0.0891. The van der Waals surface area contributed by atoms with E-state index in [0.717, 1.165) is 22.5 Å². The smallest absolute Gasteiger partial charge is 0.357 e. The Bertz CT molecular complexity index is 1570. The molecule has 6 rings (SSSR count). The maximum atomic E-state index is 13.5. The molecular weight excluding hydrogens is 520 g/mol. The van der Waals surface area contributed by atoms with Gasteiger partial charge in [-0.1, -0.05) is 54.6 Å². The summed E-state index contributed by atoms with van der Waals surface area (Å²) in [7, 11) is 2.55. The molecule has 0 unspecified atom stereocenters. The number of carbonyl (C=O) groups is 3. The molecule has 1 amide bonds. The number of aromatic nitrogens is 1. The molecule has 0 radical (unpaired) electrons. The number of para-hydroxylation sites is 1. The van der Waals surface area contributed by atoms with Crippen molar-refractivity contribution in [1.82, 2.24) is 9.88 Å². The van der Waals surface area contributed by atoms with Crippen molar-refractivity contribution < 1.29 is 23.9 Å². The SMILES string of the molecule is COC(=O)C1=C(C(=O)OC)[C@@H]2N(Cc3ccccc3)c3ccccc3[C@@]23CCC(=O)N(CCc2ccccn2)C3=N1. The topological polar surface area (TPSA) is 101 Å². The summed E-state index contributed by atoms with van der Waals surface area (Å²) < 4.78 is 10.4. The number of amidine groups is 1. The zero-order chi connectivity index (χ0) is 28.6. The molecule has 0 aliphatic carbocycles. The molecule has 0 N–H and O–H groups in total. The molecule has 2 atom stereocenters. The first kappa shape index (κ1) is 26.4. The Morgan fingerprint density at radius 2 is 1.68 bits per heavy atom. The zero-order valence-corrected chi connectivity index (χ0v) is 22.9. The molecule has 4 heterocycles. The number of likely N-dealkylation sites (tertiary alicyclic amines) is 1. The van der Waals surface area contributed by atoms with E-state index in [1.165, 1.54) is 14.2 Å². The number of hydrogen-bond acceptors (Lipinski definition) is 8. The first-order valence-corrected chi connectivity index (χ1v) is 13.6. The summed E-state index contributed by atoms with van der Waals surface area (Å²) in [6.45, 7) is 0.792. The number of aliphatic imine (C=N–C) groups is 1. The van der Waals surface area contributed by atoms with Gasteiger partial charge in [-0.05, 0) is 35.7 Å². The average molecular weight is 551 g/mol. The van der Waals surface area contributed by atoms with Gasteiger partial charge in [0.25, 0.3) is 0 Å². The lowest BCUT2D eigenvalue weighted by Crippen LogP contribution is -2.63. The monoisotopic (exact) mass is 550 g/mol. The summed E-state index contributed by atoms with van der Waals surface area (Å²) >= 11 is 0. The molecule has 3 aliphatic rings. The number of benzene rings is 2.